The van der Waals surface area contributed by atoms with Gasteiger partial charge in [0.25, 0.3) is 0 Å². The van der Waals surface area contributed by atoms with Crippen molar-refractivity contribution in [2.45, 2.75) is 26.5 Å². The van der Waals surface area contributed by atoms with Gasteiger partial charge in [-0.25, -0.2) is 0 Å². The van der Waals surface area contributed by atoms with Crippen LogP contribution in [0.3, 0.4) is 0 Å². The molecular weight excluding hydrogens is 273 g/mol. The summed E-state index contributed by atoms with van der Waals surface area (Å²) in [4.78, 5) is 0. The maximum absolute atomic E-state index is 9.25. The Kier molecular flexibility index (Phi) is 4.22. The molecule has 1 aromatic heterocycles. The molecule has 0 aliphatic rings. The lowest BCUT2D eigenvalue weighted by Crippen LogP contribution is -2.05. The van der Waals surface area contributed by atoms with Gasteiger partial charge in [0.05, 0.1) is 5.02 Å². The first-order valence-corrected chi connectivity index (χ1v) is 6.41. The first kappa shape index (κ1) is 13.3. The molecule has 0 saturated carbocycles. The molecule has 0 fully saturated rings. The third-order valence-electron chi connectivity index (χ3n) is 2.59. The summed E-state index contributed by atoms with van der Waals surface area (Å²) in [6.45, 7) is 2.62. The van der Waals surface area contributed by atoms with E-state index in [0.717, 1.165) is 18.5 Å². The van der Waals surface area contributed by atoms with Crippen LogP contribution in [0.25, 0.3) is 11.4 Å². The number of aliphatic hydroxyl groups is 1. The summed E-state index contributed by atoms with van der Waals surface area (Å²) in [6, 6.07) is 5.20. The number of aliphatic hydroxyl groups excluding tert-OH is 1. The molecule has 2 aromatic rings. The lowest BCUT2D eigenvalue weighted by Gasteiger charge is -2.09. The van der Waals surface area contributed by atoms with Crippen molar-refractivity contribution in [1.29, 1.82) is 0 Å². The normalized spacial score (nSPS) is 10.9. The summed E-state index contributed by atoms with van der Waals surface area (Å²) in [5, 5.41) is 18.4. The van der Waals surface area contributed by atoms with Crippen molar-refractivity contribution < 1.29 is 5.11 Å². The van der Waals surface area contributed by atoms with Gasteiger partial charge in [-0.2, -0.15) is 0 Å². The summed E-state index contributed by atoms with van der Waals surface area (Å²) in [5.74, 6) is 1.16. The van der Waals surface area contributed by atoms with E-state index in [9.17, 15) is 5.11 Å². The van der Waals surface area contributed by atoms with Gasteiger partial charge in [-0.1, -0.05) is 30.1 Å². The second-order valence-electron chi connectivity index (χ2n) is 3.87. The SMILES string of the molecule is CCCn1c(CO)nnc1-c1cc(Cl)ccc1Cl. The van der Waals surface area contributed by atoms with Gasteiger partial charge >= 0.3 is 0 Å². The van der Waals surface area contributed by atoms with Gasteiger partial charge in [0.2, 0.25) is 0 Å². The van der Waals surface area contributed by atoms with E-state index in [-0.39, 0.29) is 6.61 Å². The highest BCUT2D eigenvalue weighted by Crippen LogP contribution is 2.29. The quantitative estimate of drug-likeness (QED) is 0.939. The molecule has 1 N–H and O–H groups in total. The van der Waals surface area contributed by atoms with Crippen LogP contribution >= 0.6 is 23.2 Å². The van der Waals surface area contributed by atoms with Gasteiger partial charge in [-0.15, -0.1) is 10.2 Å². The Morgan fingerprint density at radius 2 is 2.06 bits per heavy atom. The minimum Gasteiger partial charge on any atom is -0.388 e. The average molecular weight is 286 g/mol. The summed E-state index contributed by atoms with van der Waals surface area (Å²) >= 11 is 12.1. The zero-order valence-electron chi connectivity index (χ0n) is 9.90. The van der Waals surface area contributed by atoms with Crippen LogP contribution in [0.2, 0.25) is 10.0 Å². The molecule has 0 aliphatic heterocycles. The molecule has 4 nitrogen and oxygen atoms in total. The Morgan fingerprint density at radius 1 is 1.28 bits per heavy atom. The van der Waals surface area contributed by atoms with Crippen LogP contribution in [0.1, 0.15) is 19.2 Å². The molecule has 1 heterocycles. The highest BCUT2D eigenvalue weighted by Gasteiger charge is 2.15. The molecule has 0 saturated heterocycles. The number of rotatable bonds is 4. The van der Waals surface area contributed by atoms with Crippen LogP contribution in [0.15, 0.2) is 18.2 Å². The largest absolute Gasteiger partial charge is 0.388 e. The van der Waals surface area contributed by atoms with E-state index < -0.39 is 0 Å². The molecule has 0 atom stereocenters. The van der Waals surface area contributed by atoms with Crippen molar-refractivity contribution in [1.82, 2.24) is 14.8 Å². The number of aromatic nitrogens is 3. The van der Waals surface area contributed by atoms with E-state index in [4.69, 9.17) is 23.2 Å². The van der Waals surface area contributed by atoms with Crippen molar-refractivity contribution in [3.63, 3.8) is 0 Å². The van der Waals surface area contributed by atoms with Crippen molar-refractivity contribution in [3.8, 4) is 11.4 Å². The van der Waals surface area contributed by atoms with Gasteiger partial charge in [-0.3, -0.25) is 0 Å². The molecule has 0 amide bonds. The zero-order chi connectivity index (χ0) is 13.1. The first-order chi connectivity index (χ1) is 8.67. The van der Waals surface area contributed by atoms with E-state index in [1.807, 2.05) is 11.5 Å². The lowest BCUT2D eigenvalue weighted by atomic mass is 10.2. The molecule has 0 bridgehead atoms. The molecule has 0 spiro atoms. The Bertz CT molecular complexity index is 554. The number of nitrogens with zero attached hydrogens (tertiary/aromatic N) is 3. The Morgan fingerprint density at radius 3 is 2.72 bits per heavy atom. The topological polar surface area (TPSA) is 50.9 Å². The maximum Gasteiger partial charge on any atom is 0.165 e. The first-order valence-electron chi connectivity index (χ1n) is 5.65. The number of hydrogen-bond acceptors (Lipinski definition) is 3. The summed E-state index contributed by atoms with van der Waals surface area (Å²) in [7, 11) is 0. The molecule has 6 heteroatoms. The number of halogens is 2. The minimum absolute atomic E-state index is 0.148. The van der Waals surface area contributed by atoms with Gasteiger partial charge in [0.15, 0.2) is 11.6 Å². The fourth-order valence-electron chi connectivity index (χ4n) is 1.78. The Hall–Kier alpha value is -1.10. The number of hydrogen-bond donors (Lipinski definition) is 1. The zero-order valence-corrected chi connectivity index (χ0v) is 11.4. The fourth-order valence-corrected chi connectivity index (χ4v) is 2.15. The van der Waals surface area contributed by atoms with Crippen LogP contribution in [-0.4, -0.2) is 19.9 Å². The third-order valence-corrected chi connectivity index (χ3v) is 3.15. The summed E-state index contributed by atoms with van der Waals surface area (Å²) in [5.41, 5.74) is 0.727. The molecule has 96 valence electrons. The smallest absolute Gasteiger partial charge is 0.165 e. The van der Waals surface area contributed by atoms with E-state index >= 15 is 0 Å². The van der Waals surface area contributed by atoms with Crippen molar-refractivity contribution in [2.24, 2.45) is 0 Å². The second-order valence-corrected chi connectivity index (χ2v) is 4.72. The van der Waals surface area contributed by atoms with Gasteiger partial charge in [-0.05, 0) is 24.6 Å². The monoisotopic (exact) mass is 285 g/mol. The van der Waals surface area contributed by atoms with Crippen LogP contribution in [0.4, 0.5) is 0 Å². The summed E-state index contributed by atoms with van der Waals surface area (Å²) < 4.78 is 1.86. The average Bonchev–Trinajstić information content (AvgIpc) is 2.76. The van der Waals surface area contributed by atoms with E-state index in [1.165, 1.54) is 0 Å². The highest BCUT2D eigenvalue weighted by molar-refractivity contribution is 6.35. The lowest BCUT2D eigenvalue weighted by molar-refractivity contribution is 0.264. The predicted molar refractivity (Wildman–Crippen MR) is 71.7 cm³/mol. The predicted octanol–water partition coefficient (Wildman–Crippen LogP) is 3.15. The van der Waals surface area contributed by atoms with E-state index in [2.05, 4.69) is 10.2 Å². The van der Waals surface area contributed by atoms with Crippen molar-refractivity contribution >= 4 is 23.2 Å². The van der Waals surface area contributed by atoms with E-state index in [0.29, 0.717) is 21.7 Å². The van der Waals surface area contributed by atoms with Crippen molar-refractivity contribution in [2.75, 3.05) is 0 Å². The molecule has 0 aliphatic carbocycles. The molecule has 0 unspecified atom stereocenters. The molecular formula is C12H13Cl2N3O. The Balaban J connectivity index is 2.56. The fraction of sp³-hybridized carbons (Fsp3) is 0.333. The van der Waals surface area contributed by atoms with Crippen LogP contribution in [0, 0.1) is 0 Å². The highest BCUT2D eigenvalue weighted by atomic mass is 35.5. The van der Waals surface area contributed by atoms with E-state index in [1.54, 1.807) is 18.2 Å². The maximum atomic E-state index is 9.25. The molecule has 2 rings (SSSR count). The van der Waals surface area contributed by atoms with Gasteiger partial charge in [0.1, 0.15) is 6.61 Å². The molecule has 1 aromatic carbocycles. The Labute approximate surface area is 115 Å². The van der Waals surface area contributed by atoms with Crippen LogP contribution in [0.5, 0.6) is 0 Å². The standard InChI is InChI=1S/C12H13Cl2N3O/c1-2-5-17-11(7-18)15-16-12(17)9-6-8(13)3-4-10(9)14/h3-4,6,18H,2,5,7H2,1H3. The number of benzene rings is 1. The van der Waals surface area contributed by atoms with Crippen LogP contribution < -0.4 is 0 Å². The molecule has 18 heavy (non-hydrogen) atoms. The molecule has 0 radical (unpaired) electrons. The third kappa shape index (κ3) is 2.51. The minimum atomic E-state index is -0.148. The second kappa shape index (κ2) is 5.69. The van der Waals surface area contributed by atoms with Gasteiger partial charge < -0.3 is 9.67 Å². The van der Waals surface area contributed by atoms with Crippen LogP contribution in [-0.2, 0) is 13.2 Å². The summed E-state index contributed by atoms with van der Waals surface area (Å²) in [6.07, 6.45) is 0.913. The van der Waals surface area contributed by atoms with Crippen molar-refractivity contribution in [3.05, 3.63) is 34.1 Å². The van der Waals surface area contributed by atoms with Gasteiger partial charge in [0, 0.05) is 17.1 Å².